The van der Waals surface area contributed by atoms with Gasteiger partial charge >= 0.3 is 5.97 Å². The van der Waals surface area contributed by atoms with Gasteiger partial charge in [0, 0.05) is 6.54 Å². The van der Waals surface area contributed by atoms with Crippen LogP contribution >= 0.6 is 0 Å². The first-order valence-corrected chi connectivity index (χ1v) is 5.08. The summed E-state index contributed by atoms with van der Waals surface area (Å²) in [5.41, 5.74) is -0.0373. The molecule has 1 saturated heterocycles. The molecule has 0 aromatic carbocycles. The van der Waals surface area contributed by atoms with E-state index in [0.717, 1.165) is 6.54 Å². The molecule has 1 aromatic heterocycles. The zero-order chi connectivity index (χ0) is 11.5. The van der Waals surface area contributed by atoms with Gasteiger partial charge in [0.1, 0.15) is 5.82 Å². The van der Waals surface area contributed by atoms with E-state index < -0.39 is 5.97 Å². The third-order valence-corrected chi connectivity index (χ3v) is 2.52. The molecule has 1 aromatic rings. The fraction of sp³-hybridized carbons (Fsp3) is 0.500. The largest absolute Gasteiger partial charge is 0.476 e. The molecule has 1 N–H and O–H groups in total. The van der Waals surface area contributed by atoms with Crippen LogP contribution in [0, 0.1) is 0 Å². The van der Waals surface area contributed by atoms with Crippen molar-refractivity contribution < 1.29 is 14.6 Å². The molecule has 0 radical (unpaired) electrons. The summed E-state index contributed by atoms with van der Waals surface area (Å²) in [5.74, 6) is -0.366. The SMILES string of the molecule is CC1COCCN1c1cnc(C(=O)O)cn1. The lowest BCUT2D eigenvalue weighted by Gasteiger charge is -2.33. The van der Waals surface area contributed by atoms with Crippen LogP contribution in [0.1, 0.15) is 17.4 Å². The minimum Gasteiger partial charge on any atom is -0.476 e. The van der Waals surface area contributed by atoms with E-state index in [1.165, 1.54) is 12.4 Å². The summed E-state index contributed by atoms with van der Waals surface area (Å²) in [6.07, 6.45) is 2.77. The number of nitrogens with zero attached hydrogens (tertiary/aromatic N) is 3. The molecule has 1 atom stereocenters. The Morgan fingerprint density at radius 3 is 2.94 bits per heavy atom. The molecule has 86 valence electrons. The van der Waals surface area contributed by atoms with Gasteiger partial charge in [-0.25, -0.2) is 14.8 Å². The van der Waals surface area contributed by atoms with E-state index in [2.05, 4.69) is 14.9 Å². The highest BCUT2D eigenvalue weighted by Gasteiger charge is 2.20. The van der Waals surface area contributed by atoms with E-state index in [1.54, 1.807) is 0 Å². The van der Waals surface area contributed by atoms with Crippen molar-refractivity contribution in [2.75, 3.05) is 24.7 Å². The van der Waals surface area contributed by atoms with Gasteiger partial charge in [-0.3, -0.25) is 0 Å². The third-order valence-electron chi connectivity index (χ3n) is 2.52. The summed E-state index contributed by atoms with van der Waals surface area (Å²) in [4.78, 5) is 20.6. The molecular weight excluding hydrogens is 210 g/mol. The standard InChI is InChI=1S/C10H13N3O3/c1-7-6-16-3-2-13(7)9-5-11-8(4-12-9)10(14)15/h4-5,7H,2-3,6H2,1H3,(H,14,15). The van der Waals surface area contributed by atoms with Crippen LogP contribution in [0.2, 0.25) is 0 Å². The predicted octanol–water partition coefficient (Wildman–Crippen LogP) is 0.400. The topological polar surface area (TPSA) is 75.5 Å². The first kappa shape index (κ1) is 10.8. The van der Waals surface area contributed by atoms with Crippen LogP contribution in [-0.4, -0.2) is 46.8 Å². The Morgan fingerprint density at radius 1 is 1.56 bits per heavy atom. The zero-order valence-electron chi connectivity index (χ0n) is 8.96. The number of morpholine rings is 1. The molecule has 6 heteroatoms. The van der Waals surface area contributed by atoms with Gasteiger partial charge in [-0.15, -0.1) is 0 Å². The number of ether oxygens (including phenoxy) is 1. The summed E-state index contributed by atoms with van der Waals surface area (Å²) in [6, 6.07) is 0.235. The van der Waals surface area contributed by atoms with Crippen molar-refractivity contribution in [3.05, 3.63) is 18.1 Å². The lowest BCUT2D eigenvalue weighted by atomic mass is 10.2. The van der Waals surface area contributed by atoms with Crippen LogP contribution in [0.5, 0.6) is 0 Å². The molecule has 16 heavy (non-hydrogen) atoms. The van der Waals surface area contributed by atoms with Crippen molar-refractivity contribution in [1.29, 1.82) is 0 Å². The monoisotopic (exact) mass is 223 g/mol. The highest BCUT2D eigenvalue weighted by molar-refractivity contribution is 5.84. The van der Waals surface area contributed by atoms with Crippen molar-refractivity contribution >= 4 is 11.8 Å². The fourth-order valence-electron chi connectivity index (χ4n) is 1.65. The van der Waals surface area contributed by atoms with Crippen molar-refractivity contribution in [3.63, 3.8) is 0 Å². The molecule has 1 unspecified atom stereocenters. The van der Waals surface area contributed by atoms with Gasteiger partial charge in [0.2, 0.25) is 0 Å². The minimum absolute atomic E-state index is 0.0373. The van der Waals surface area contributed by atoms with Gasteiger partial charge in [-0.1, -0.05) is 0 Å². The van der Waals surface area contributed by atoms with Crippen LogP contribution in [0.15, 0.2) is 12.4 Å². The second-order valence-electron chi connectivity index (χ2n) is 3.68. The van der Waals surface area contributed by atoms with Crippen molar-refractivity contribution in [2.24, 2.45) is 0 Å². The molecule has 0 spiro atoms. The van der Waals surface area contributed by atoms with Gasteiger partial charge < -0.3 is 14.7 Å². The molecule has 6 nitrogen and oxygen atoms in total. The van der Waals surface area contributed by atoms with Gasteiger partial charge in [-0.2, -0.15) is 0 Å². The number of anilines is 1. The molecule has 0 bridgehead atoms. The number of carboxylic acids is 1. The Kier molecular flexibility index (Phi) is 3.00. The lowest BCUT2D eigenvalue weighted by molar-refractivity contribution is 0.0690. The molecule has 0 aliphatic carbocycles. The smallest absolute Gasteiger partial charge is 0.356 e. The van der Waals surface area contributed by atoms with Crippen molar-refractivity contribution in [1.82, 2.24) is 9.97 Å². The molecule has 2 rings (SSSR count). The minimum atomic E-state index is -1.06. The van der Waals surface area contributed by atoms with Gasteiger partial charge in [-0.05, 0) is 6.92 Å². The van der Waals surface area contributed by atoms with E-state index >= 15 is 0 Å². The average Bonchev–Trinajstić information content (AvgIpc) is 2.30. The quantitative estimate of drug-likeness (QED) is 0.782. The Hall–Kier alpha value is -1.69. The highest BCUT2D eigenvalue weighted by Crippen LogP contribution is 2.15. The Morgan fingerprint density at radius 2 is 2.38 bits per heavy atom. The van der Waals surface area contributed by atoms with E-state index in [0.29, 0.717) is 19.0 Å². The second-order valence-corrected chi connectivity index (χ2v) is 3.68. The molecule has 1 aliphatic rings. The maximum absolute atomic E-state index is 10.6. The summed E-state index contributed by atoms with van der Waals surface area (Å²) in [6.45, 7) is 4.10. The Balaban J connectivity index is 2.17. The Bertz CT molecular complexity index is 379. The van der Waals surface area contributed by atoms with E-state index in [1.807, 2.05) is 6.92 Å². The van der Waals surface area contributed by atoms with Gasteiger partial charge in [0.05, 0.1) is 31.6 Å². The van der Waals surface area contributed by atoms with Crippen molar-refractivity contribution in [3.8, 4) is 0 Å². The molecule has 1 aliphatic heterocycles. The zero-order valence-corrected chi connectivity index (χ0v) is 8.96. The Labute approximate surface area is 92.9 Å². The van der Waals surface area contributed by atoms with E-state index in [-0.39, 0.29) is 11.7 Å². The van der Waals surface area contributed by atoms with E-state index in [4.69, 9.17) is 9.84 Å². The first-order chi connectivity index (χ1) is 7.68. The highest BCUT2D eigenvalue weighted by atomic mass is 16.5. The summed E-state index contributed by atoms with van der Waals surface area (Å²) in [5, 5.41) is 8.70. The molecule has 1 fully saturated rings. The molecule has 0 saturated carbocycles. The molecule has 2 heterocycles. The van der Waals surface area contributed by atoms with Crippen molar-refractivity contribution in [2.45, 2.75) is 13.0 Å². The van der Waals surface area contributed by atoms with Crippen LogP contribution in [-0.2, 0) is 4.74 Å². The fourth-order valence-corrected chi connectivity index (χ4v) is 1.65. The average molecular weight is 223 g/mol. The van der Waals surface area contributed by atoms with Gasteiger partial charge in [0.25, 0.3) is 0 Å². The first-order valence-electron chi connectivity index (χ1n) is 5.08. The number of carboxylic acid groups (broad SMARTS) is 1. The number of hydrogen-bond donors (Lipinski definition) is 1. The maximum atomic E-state index is 10.6. The van der Waals surface area contributed by atoms with Crippen LogP contribution in [0.25, 0.3) is 0 Å². The number of aromatic nitrogens is 2. The number of aromatic carboxylic acids is 1. The normalized spacial score (nSPS) is 20.8. The predicted molar refractivity (Wildman–Crippen MR) is 56.6 cm³/mol. The summed E-state index contributed by atoms with van der Waals surface area (Å²) >= 11 is 0. The second kappa shape index (κ2) is 4.44. The van der Waals surface area contributed by atoms with E-state index in [9.17, 15) is 4.79 Å². The maximum Gasteiger partial charge on any atom is 0.356 e. The van der Waals surface area contributed by atoms with Crippen LogP contribution in [0.3, 0.4) is 0 Å². The summed E-state index contributed by atoms with van der Waals surface area (Å²) in [7, 11) is 0. The summed E-state index contributed by atoms with van der Waals surface area (Å²) < 4.78 is 5.31. The van der Waals surface area contributed by atoms with Gasteiger partial charge in [0.15, 0.2) is 5.69 Å². The van der Waals surface area contributed by atoms with Crippen LogP contribution in [0.4, 0.5) is 5.82 Å². The number of carbonyl (C=O) groups is 1. The molecular formula is C10H13N3O3. The number of hydrogen-bond acceptors (Lipinski definition) is 5. The van der Waals surface area contributed by atoms with Crippen LogP contribution < -0.4 is 4.90 Å². The lowest BCUT2D eigenvalue weighted by Crippen LogP contribution is -2.44. The molecule has 0 amide bonds. The number of rotatable bonds is 2. The third kappa shape index (κ3) is 2.11.